The lowest BCUT2D eigenvalue weighted by molar-refractivity contribution is -0.131. The molecule has 0 radical (unpaired) electrons. The second-order valence-electron chi connectivity index (χ2n) is 4.82. The summed E-state index contributed by atoms with van der Waals surface area (Å²) in [5.41, 5.74) is 0.927. The van der Waals surface area contributed by atoms with Gasteiger partial charge in [-0.15, -0.1) is 0 Å². The van der Waals surface area contributed by atoms with Gasteiger partial charge in [-0.2, -0.15) is 0 Å². The van der Waals surface area contributed by atoms with E-state index in [2.05, 4.69) is 19.1 Å². The molecular formula is C15H21NO2. The Morgan fingerprint density at radius 2 is 2.00 bits per heavy atom. The SMILES string of the molecule is CCCN(CC1(c2ccccc2)CO1)C(=O)CC. The minimum absolute atomic E-state index is 0.211. The first-order valence-electron chi connectivity index (χ1n) is 6.69. The molecule has 1 fully saturated rings. The molecular weight excluding hydrogens is 226 g/mol. The summed E-state index contributed by atoms with van der Waals surface area (Å²) >= 11 is 0. The summed E-state index contributed by atoms with van der Waals surface area (Å²) in [6.07, 6.45) is 1.54. The fourth-order valence-electron chi connectivity index (χ4n) is 2.27. The number of hydrogen-bond donors (Lipinski definition) is 0. The number of carbonyl (C=O) groups excluding carboxylic acids is 1. The van der Waals surface area contributed by atoms with Crippen molar-refractivity contribution < 1.29 is 9.53 Å². The molecule has 1 unspecified atom stereocenters. The van der Waals surface area contributed by atoms with Crippen LogP contribution in [0.15, 0.2) is 30.3 Å². The molecule has 1 aromatic carbocycles. The predicted molar refractivity (Wildman–Crippen MR) is 71.2 cm³/mol. The molecule has 2 rings (SSSR count). The maximum absolute atomic E-state index is 11.9. The Morgan fingerprint density at radius 1 is 1.33 bits per heavy atom. The summed E-state index contributed by atoms with van der Waals surface area (Å²) in [5.74, 6) is 0.211. The highest BCUT2D eigenvalue weighted by molar-refractivity contribution is 5.76. The lowest BCUT2D eigenvalue weighted by atomic mass is 9.99. The molecule has 18 heavy (non-hydrogen) atoms. The van der Waals surface area contributed by atoms with Crippen molar-refractivity contribution in [1.82, 2.24) is 4.90 Å². The number of ether oxygens (including phenoxy) is 1. The van der Waals surface area contributed by atoms with E-state index in [0.717, 1.165) is 13.0 Å². The number of amides is 1. The highest BCUT2D eigenvalue weighted by Crippen LogP contribution is 2.39. The molecule has 1 amide bonds. The molecule has 0 spiro atoms. The van der Waals surface area contributed by atoms with Crippen LogP contribution in [-0.4, -0.2) is 30.5 Å². The van der Waals surface area contributed by atoms with Gasteiger partial charge in [-0.05, 0) is 12.0 Å². The molecule has 0 bridgehead atoms. The molecule has 98 valence electrons. The molecule has 0 N–H and O–H groups in total. The number of carbonyl (C=O) groups is 1. The van der Waals surface area contributed by atoms with Gasteiger partial charge in [-0.1, -0.05) is 44.2 Å². The molecule has 1 atom stereocenters. The first kappa shape index (κ1) is 13.1. The van der Waals surface area contributed by atoms with Gasteiger partial charge in [0.2, 0.25) is 5.91 Å². The van der Waals surface area contributed by atoms with E-state index < -0.39 is 0 Å². The summed E-state index contributed by atoms with van der Waals surface area (Å²) in [7, 11) is 0. The Hall–Kier alpha value is -1.35. The van der Waals surface area contributed by atoms with Gasteiger partial charge >= 0.3 is 0 Å². The van der Waals surface area contributed by atoms with Crippen molar-refractivity contribution in [2.24, 2.45) is 0 Å². The van der Waals surface area contributed by atoms with Crippen LogP contribution in [0.25, 0.3) is 0 Å². The van der Waals surface area contributed by atoms with Crippen LogP contribution in [0.1, 0.15) is 32.3 Å². The maximum atomic E-state index is 11.9. The highest BCUT2D eigenvalue weighted by Gasteiger charge is 2.48. The zero-order valence-electron chi connectivity index (χ0n) is 11.2. The number of rotatable bonds is 6. The fraction of sp³-hybridized carbons (Fsp3) is 0.533. The summed E-state index contributed by atoms with van der Waals surface area (Å²) in [6, 6.07) is 10.2. The summed E-state index contributed by atoms with van der Waals surface area (Å²) in [4.78, 5) is 13.8. The van der Waals surface area contributed by atoms with E-state index in [1.807, 2.05) is 30.0 Å². The summed E-state index contributed by atoms with van der Waals surface area (Å²) < 4.78 is 5.66. The monoisotopic (exact) mass is 247 g/mol. The smallest absolute Gasteiger partial charge is 0.222 e. The topological polar surface area (TPSA) is 32.8 Å². The van der Waals surface area contributed by atoms with Gasteiger partial charge in [0.1, 0.15) is 5.60 Å². The molecule has 0 saturated carbocycles. The normalized spacial score (nSPS) is 21.7. The van der Waals surface area contributed by atoms with Crippen molar-refractivity contribution in [2.45, 2.75) is 32.3 Å². The minimum Gasteiger partial charge on any atom is -0.363 e. The Labute approximate surface area is 109 Å². The van der Waals surface area contributed by atoms with E-state index in [-0.39, 0.29) is 11.5 Å². The minimum atomic E-state index is -0.249. The molecule has 1 heterocycles. The number of epoxide rings is 1. The fourth-order valence-corrected chi connectivity index (χ4v) is 2.27. The first-order chi connectivity index (χ1) is 8.72. The second kappa shape index (κ2) is 5.53. The number of hydrogen-bond acceptors (Lipinski definition) is 2. The Bertz CT molecular complexity index is 398. The van der Waals surface area contributed by atoms with Crippen molar-refractivity contribution in [3.05, 3.63) is 35.9 Å². The standard InChI is InChI=1S/C15H21NO2/c1-3-10-16(14(17)4-2)11-15(12-18-15)13-8-6-5-7-9-13/h5-9H,3-4,10-12H2,1-2H3. The zero-order chi connectivity index (χ0) is 13.0. The van der Waals surface area contributed by atoms with Crippen molar-refractivity contribution in [3.63, 3.8) is 0 Å². The molecule has 0 aromatic heterocycles. The van der Waals surface area contributed by atoms with E-state index >= 15 is 0 Å². The third-order valence-corrected chi connectivity index (χ3v) is 3.39. The van der Waals surface area contributed by atoms with Crippen LogP contribution in [0, 0.1) is 0 Å². The van der Waals surface area contributed by atoms with E-state index in [1.165, 1.54) is 5.56 Å². The van der Waals surface area contributed by atoms with Gasteiger partial charge in [0, 0.05) is 13.0 Å². The highest BCUT2D eigenvalue weighted by atomic mass is 16.6. The Kier molecular flexibility index (Phi) is 4.02. The summed E-state index contributed by atoms with van der Waals surface area (Å²) in [6.45, 7) is 6.21. The van der Waals surface area contributed by atoms with E-state index in [1.54, 1.807) is 0 Å². The van der Waals surface area contributed by atoms with Crippen molar-refractivity contribution in [3.8, 4) is 0 Å². The molecule has 1 aliphatic rings. The molecule has 3 nitrogen and oxygen atoms in total. The van der Waals surface area contributed by atoms with Crippen LogP contribution in [0.4, 0.5) is 0 Å². The van der Waals surface area contributed by atoms with Crippen LogP contribution < -0.4 is 0 Å². The second-order valence-corrected chi connectivity index (χ2v) is 4.82. The third-order valence-electron chi connectivity index (χ3n) is 3.39. The molecule has 1 saturated heterocycles. The van der Waals surface area contributed by atoms with Crippen LogP contribution in [-0.2, 0) is 15.1 Å². The third kappa shape index (κ3) is 2.72. The average Bonchev–Trinajstić information content (AvgIpc) is 3.19. The largest absolute Gasteiger partial charge is 0.363 e. The van der Waals surface area contributed by atoms with Crippen molar-refractivity contribution in [2.75, 3.05) is 19.7 Å². The average molecular weight is 247 g/mol. The van der Waals surface area contributed by atoms with Crippen LogP contribution in [0.3, 0.4) is 0 Å². The van der Waals surface area contributed by atoms with E-state index in [0.29, 0.717) is 19.6 Å². The molecule has 1 aromatic rings. The molecule has 0 aliphatic carbocycles. The predicted octanol–water partition coefficient (Wildman–Crippen LogP) is 2.56. The van der Waals surface area contributed by atoms with Crippen molar-refractivity contribution >= 4 is 5.91 Å². The van der Waals surface area contributed by atoms with Crippen LogP contribution in [0.5, 0.6) is 0 Å². The quantitative estimate of drug-likeness (QED) is 0.724. The van der Waals surface area contributed by atoms with Gasteiger partial charge in [-0.25, -0.2) is 0 Å². The van der Waals surface area contributed by atoms with Crippen LogP contribution in [0.2, 0.25) is 0 Å². The number of nitrogens with zero attached hydrogens (tertiary/aromatic N) is 1. The first-order valence-corrected chi connectivity index (χ1v) is 6.69. The Morgan fingerprint density at radius 3 is 2.50 bits per heavy atom. The van der Waals surface area contributed by atoms with Gasteiger partial charge in [0.15, 0.2) is 0 Å². The van der Waals surface area contributed by atoms with Gasteiger partial charge in [-0.3, -0.25) is 4.79 Å². The van der Waals surface area contributed by atoms with E-state index in [9.17, 15) is 4.79 Å². The van der Waals surface area contributed by atoms with Gasteiger partial charge in [0.05, 0.1) is 13.2 Å². The lowest BCUT2D eigenvalue weighted by Crippen LogP contribution is -2.38. The number of benzene rings is 1. The van der Waals surface area contributed by atoms with Crippen LogP contribution >= 0.6 is 0 Å². The summed E-state index contributed by atoms with van der Waals surface area (Å²) in [5, 5.41) is 0. The zero-order valence-corrected chi connectivity index (χ0v) is 11.2. The van der Waals surface area contributed by atoms with E-state index in [4.69, 9.17) is 4.74 Å². The molecule has 1 aliphatic heterocycles. The maximum Gasteiger partial charge on any atom is 0.222 e. The lowest BCUT2D eigenvalue weighted by Gasteiger charge is -2.25. The Balaban J connectivity index is 2.09. The molecule has 3 heteroatoms. The van der Waals surface area contributed by atoms with Crippen molar-refractivity contribution in [1.29, 1.82) is 0 Å². The van der Waals surface area contributed by atoms with Gasteiger partial charge in [0.25, 0.3) is 0 Å². The van der Waals surface area contributed by atoms with Gasteiger partial charge < -0.3 is 9.64 Å².